The average Bonchev–Trinajstić information content (AvgIpc) is 0.592. The summed E-state index contributed by atoms with van der Waals surface area (Å²) in [4.78, 5) is 0. The van der Waals surface area contributed by atoms with E-state index in [2.05, 4.69) is 0 Å². The molecule has 0 bridgehead atoms. The zero-order valence-electron chi connectivity index (χ0n) is 4.69. The topological polar surface area (TPSA) is 23.8 Å². The van der Waals surface area contributed by atoms with E-state index < -0.39 is 7.28 Å². The molecule has 0 unspecified atom stereocenters. The van der Waals surface area contributed by atoms with Crippen molar-refractivity contribution in [1.29, 1.82) is 3.88 Å². The maximum atomic E-state index is 8.47. The summed E-state index contributed by atoms with van der Waals surface area (Å²) in [7, 11) is 18.4. The van der Waals surface area contributed by atoms with Crippen molar-refractivity contribution in [1.82, 2.24) is 0 Å². The molecule has 1 nitrogen and oxygen atoms in total. The van der Waals surface area contributed by atoms with Crippen LogP contribution in [0, 0.1) is 3.88 Å². The van der Waals surface area contributed by atoms with Crippen LogP contribution in [-0.4, -0.2) is 0 Å². The molecule has 0 fully saturated rings. The van der Waals surface area contributed by atoms with Gasteiger partial charge < -0.3 is 0 Å². The molecule has 0 aromatic heterocycles. The molecule has 0 aromatic rings. The van der Waals surface area contributed by atoms with Crippen molar-refractivity contribution in [3.63, 3.8) is 0 Å². The van der Waals surface area contributed by atoms with Crippen LogP contribution in [0.15, 0.2) is 0 Å². The van der Waals surface area contributed by atoms with Gasteiger partial charge in [-0.2, -0.15) is 0 Å². The van der Waals surface area contributed by atoms with E-state index in [1.165, 1.54) is 0 Å². The minimum absolute atomic E-state index is 0. The Kier molecular flexibility index (Phi) is 10.3. The number of rotatable bonds is 0. The predicted octanol–water partition coefficient (Wildman–Crippen LogP) is -2.53. The first-order valence-electron chi connectivity index (χ1n) is 0.826. The molecule has 9 heteroatoms. The zero-order valence-corrected chi connectivity index (χ0v) is 17.3. The van der Waals surface area contributed by atoms with Crippen molar-refractivity contribution < 1.29 is 110 Å². The van der Waals surface area contributed by atoms with Gasteiger partial charge in [0.15, 0.2) is 0 Å². The van der Waals surface area contributed by atoms with Gasteiger partial charge in [0.1, 0.15) is 0 Å². The van der Waals surface area contributed by atoms with Crippen LogP contribution in [0.2, 0.25) is 0 Å². The molecule has 0 aliphatic carbocycles. The Morgan fingerprint density at radius 2 is 0.778 bits per heavy atom. The molecule has 0 heterocycles. The van der Waals surface area contributed by atoms with Crippen LogP contribution in [0.25, 0.3) is 0 Å². The molecule has 0 aliphatic rings. The van der Waals surface area contributed by atoms with Crippen LogP contribution in [0.4, 0.5) is 0 Å². The average molecular weight is 460 g/mol. The second-order valence-corrected chi connectivity index (χ2v) is 44.5. The summed E-state index contributed by atoms with van der Waals surface area (Å²) in [6, 6.07) is 0. The quantitative estimate of drug-likeness (QED) is 0.367. The van der Waals surface area contributed by atoms with Crippen LogP contribution in [0.3, 0.4) is 0 Å². The molecule has 0 saturated carbocycles. The van der Waals surface area contributed by atoms with Crippen molar-refractivity contribution in [3.05, 3.63) is 0 Å². The van der Waals surface area contributed by atoms with Crippen molar-refractivity contribution in [3.8, 4) is 0 Å². The normalized spacial score (nSPS) is 17.8. The molecule has 0 N–H and O–H groups in total. The number of nitrogens with zero attached hydrogens (tertiary/aromatic N) is 1. The Balaban J connectivity index is -0.000000180. The van der Waals surface area contributed by atoms with Gasteiger partial charge in [0.25, 0.3) is 0 Å². The molecule has 0 aromatic carbocycles. The molecular formula is Cl5K2NOs. The van der Waals surface area contributed by atoms with Crippen LogP contribution in [-0.2, 0) is 7.28 Å². The fourth-order valence-corrected chi connectivity index (χ4v) is 0. The summed E-state index contributed by atoms with van der Waals surface area (Å²) >= 11 is 0. The minimum atomic E-state index is -5.85. The van der Waals surface area contributed by atoms with Crippen LogP contribution in [0.1, 0.15) is 0 Å². The molecule has 0 atom stereocenters. The van der Waals surface area contributed by atoms with Gasteiger partial charge in [0, 0.05) is 0 Å². The SMILES string of the molecule is [K+].[K+].[N]#[Os-2]([Cl])([Cl])([Cl])([Cl])[Cl]. The van der Waals surface area contributed by atoms with E-state index in [1.54, 1.807) is 0 Å². The summed E-state index contributed by atoms with van der Waals surface area (Å²) in [5, 5.41) is 0. The van der Waals surface area contributed by atoms with Gasteiger partial charge in [0.05, 0.1) is 0 Å². The number of hydrogen-bond donors (Lipinski definition) is 0. The molecule has 0 amide bonds. The van der Waals surface area contributed by atoms with Crippen molar-refractivity contribution in [2.75, 3.05) is 0 Å². The predicted molar refractivity (Wildman–Crippen MR) is 31.0 cm³/mol. The monoisotopic (exact) mass is 459 g/mol. The third-order valence-electron chi connectivity index (χ3n) is 0. The Morgan fingerprint density at radius 3 is 0.778 bits per heavy atom. The number of halogens is 5. The Hall–Kier alpha value is 5.07. The van der Waals surface area contributed by atoms with Crippen LogP contribution in [0.5, 0.6) is 0 Å². The van der Waals surface area contributed by atoms with Gasteiger partial charge in [0.2, 0.25) is 0 Å². The number of hydrogen-bond acceptors (Lipinski definition) is 1. The van der Waals surface area contributed by atoms with E-state index in [0.29, 0.717) is 0 Å². The third-order valence-corrected chi connectivity index (χ3v) is 0. The second-order valence-electron chi connectivity index (χ2n) is 0.804. The fourth-order valence-electron chi connectivity index (χ4n) is 0. The molecule has 0 radical (unpaired) electrons. The zero-order chi connectivity index (χ0) is 6.41. The Labute approximate surface area is 157 Å². The fraction of sp³-hybridized carbons (Fsp3) is 0. The molecule has 9 heavy (non-hydrogen) atoms. The first kappa shape index (κ1) is 19.6. The summed E-state index contributed by atoms with van der Waals surface area (Å²) in [6.45, 7) is 0. The van der Waals surface area contributed by atoms with Gasteiger partial charge in [-0.3, -0.25) is 0 Å². The van der Waals surface area contributed by atoms with Crippen molar-refractivity contribution >= 4 is 48.2 Å². The molecule has 0 aliphatic heterocycles. The summed E-state index contributed by atoms with van der Waals surface area (Å²) in [5.41, 5.74) is 0. The summed E-state index contributed by atoms with van der Waals surface area (Å²) < 4.78 is 8.47. The molecule has 0 rings (SSSR count). The third kappa shape index (κ3) is 62.3. The van der Waals surface area contributed by atoms with Gasteiger partial charge in [-0.15, -0.1) is 0 Å². The van der Waals surface area contributed by atoms with Gasteiger partial charge in [-0.1, -0.05) is 0 Å². The maximum absolute atomic E-state index is 8.47. The Morgan fingerprint density at radius 1 is 0.778 bits per heavy atom. The van der Waals surface area contributed by atoms with E-state index in [1.807, 2.05) is 0 Å². The standard InChI is InChI=1S/5ClH.2K.N.Os/h5*1H;;;;/q;;;;;2*+1;;+3/p-5. The molecular weight excluding hydrogens is 460 g/mol. The van der Waals surface area contributed by atoms with Crippen LogP contribution >= 0.6 is 48.2 Å². The van der Waals surface area contributed by atoms with Gasteiger partial charge in [-0.05, 0) is 0 Å². The van der Waals surface area contributed by atoms with Crippen LogP contribution < -0.4 is 103 Å². The van der Waals surface area contributed by atoms with E-state index in [9.17, 15) is 0 Å². The van der Waals surface area contributed by atoms with E-state index in [0.717, 1.165) is 0 Å². The van der Waals surface area contributed by atoms with Gasteiger partial charge >= 0.3 is 162 Å². The van der Waals surface area contributed by atoms with E-state index in [-0.39, 0.29) is 103 Å². The molecule has 0 spiro atoms. The summed E-state index contributed by atoms with van der Waals surface area (Å²) in [5.74, 6) is 0. The first-order chi connectivity index (χ1) is 2.45. The van der Waals surface area contributed by atoms with Gasteiger partial charge in [-0.25, -0.2) is 0 Å². The first-order valence-corrected chi connectivity index (χ1v) is 17.7. The van der Waals surface area contributed by atoms with E-state index in [4.69, 9.17) is 52.1 Å². The molecule has 0 saturated heterocycles. The summed E-state index contributed by atoms with van der Waals surface area (Å²) in [6.07, 6.45) is 0. The van der Waals surface area contributed by atoms with Crippen molar-refractivity contribution in [2.45, 2.75) is 0 Å². The van der Waals surface area contributed by atoms with Crippen molar-refractivity contribution in [2.24, 2.45) is 0 Å². The molecule has 50 valence electrons. The van der Waals surface area contributed by atoms with E-state index >= 15 is 0 Å². The Bertz CT molecular complexity index is 188. The second kappa shape index (κ2) is 4.73.